The minimum absolute atomic E-state index is 0.428. The summed E-state index contributed by atoms with van der Waals surface area (Å²) in [7, 11) is 0. The second-order valence-corrected chi connectivity index (χ2v) is 3.94. The molecule has 1 N–H and O–H groups in total. The van der Waals surface area contributed by atoms with E-state index in [1.165, 1.54) is 5.56 Å². The molecule has 1 rings (SSSR count). The van der Waals surface area contributed by atoms with Gasteiger partial charge in [-0.15, -0.1) is 0 Å². The molecule has 0 aliphatic carbocycles. The fraction of sp³-hybridized carbons (Fsp3) is 0.267. The molecule has 1 aromatic carbocycles. The topological polar surface area (TPSA) is 37.3 Å². The molecule has 0 aliphatic rings. The Morgan fingerprint density at radius 3 is 2.59 bits per heavy atom. The maximum absolute atomic E-state index is 10.5. The van der Waals surface area contributed by atoms with E-state index in [4.69, 9.17) is 5.11 Å². The van der Waals surface area contributed by atoms with Gasteiger partial charge in [-0.05, 0) is 31.7 Å². The van der Waals surface area contributed by atoms with Gasteiger partial charge < -0.3 is 5.11 Å². The Morgan fingerprint density at radius 2 is 1.94 bits per heavy atom. The van der Waals surface area contributed by atoms with Crippen LogP contribution in [0.25, 0.3) is 6.08 Å². The van der Waals surface area contributed by atoms with Gasteiger partial charge in [-0.2, -0.15) is 0 Å². The van der Waals surface area contributed by atoms with Crippen LogP contribution in [0.1, 0.15) is 31.7 Å². The average Bonchev–Trinajstić information content (AvgIpc) is 2.34. The van der Waals surface area contributed by atoms with Gasteiger partial charge >= 0.3 is 5.97 Å². The first kappa shape index (κ1) is 13.2. The van der Waals surface area contributed by atoms with Crippen molar-refractivity contribution in [1.82, 2.24) is 0 Å². The molecule has 0 radical (unpaired) electrons. The molecule has 0 fully saturated rings. The van der Waals surface area contributed by atoms with Crippen LogP contribution >= 0.6 is 0 Å². The highest BCUT2D eigenvalue weighted by Crippen LogP contribution is 2.05. The minimum atomic E-state index is -0.829. The monoisotopic (exact) mass is 230 g/mol. The summed E-state index contributed by atoms with van der Waals surface area (Å²) in [4.78, 5) is 10.5. The summed E-state index contributed by atoms with van der Waals surface area (Å²) in [5.74, 6) is -0.829. The number of allylic oxidation sites excluding steroid dienone is 2. The molecule has 0 unspecified atom stereocenters. The van der Waals surface area contributed by atoms with Crippen molar-refractivity contribution in [2.75, 3.05) is 0 Å². The zero-order chi connectivity index (χ0) is 12.5. The molecule has 17 heavy (non-hydrogen) atoms. The standard InChI is InChI=1S/C15H18O2/c1-13(15(16)17)9-5-2-3-6-10-14-11-7-4-8-12-14/h4,6-12H,2-3,5H2,1H3,(H,16,17). The van der Waals surface area contributed by atoms with Crippen LogP contribution < -0.4 is 0 Å². The fourth-order valence-corrected chi connectivity index (χ4v) is 1.43. The summed E-state index contributed by atoms with van der Waals surface area (Å²) >= 11 is 0. The Balaban J connectivity index is 2.23. The van der Waals surface area contributed by atoms with E-state index in [1.54, 1.807) is 13.0 Å². The minimum Gasteiger partial charge on any atom is -0.478 e. The largest absolute Gasteiger partial charge is 0.478 e. The first-order chi connectivity index (χ1) is 8.20. The van der Waals surface area contributed by atoms with Gasteiger partial charge in [0.2, 0.25) is 0 Å². The molecule has 0 aromatic heterocycles. The van der Waals surface area contributed by atoms with Gasteiger partial charge in [0.25, 0.3) is 0 Å². The molecule has 0 saturated carbocycles. The van der Waals surface area contributed by atoms with Gasteiger partial charge in [-0.25, -0.2) is 4.79 Å². The third-order valence-corrected chi connectivity index (χ3v) is 2.47. The molecule has 0 heterocycles. The van der Waals surface area contributed by atoms with Crippen LogP contribution in [0, 0.1) is 0 Å². The first-order valence-electron chi connectivity index (χ1n) is 5.82. The Morgan fingerprint density at radius 1 is 1.24 bits per heavy atom. The van der Waals surface area contributed by atoms with Gasteiger partial charge in [-0.3, -0.25) is 0 Å². The number of carboxylic acids is 1. The lowest BCUT2D eigenvalue weighted by molar-refractivity contribution is -0.132. The summed E-state index contributed by atoms with van der Waals surface area (Å²) in [6, 6.07) is 10.1. The van der Waals surface area contributed by atoms with Gasteiger partial charge in [0.1, 0.15) is 0 Å². The number of benzene rings is 1. The maximum atomic E-state index is 10.5. The highest BCUT2D eigenvalue weighted by Gasteiger charge is 1.96. The Kier molecular flexibility index (Phi) is 5.80. The van der Waals surface area contributed by atoms with E-state index >= 15 is 0 Å². The Bertz CT molecular complexity index is 402. The lowest BCUT2D eigenvalue weighted by Gasteiger charge is -1.94. The van der Waals surface area contributed by atoms with Crippen molar-refractivity contribution in [3.63, 3.8) is 0 Å². The molecule has 1 aromatic rings. The number of unbranched alkanes of at least 4 members (excludes halogenated alkanes) is 2. The number of hydrogen-bond donors (Lipinski definition) is 1. The second kappa shape index (κ2) is 7.44. The third kappa shape index (κ3) is 5.71. The van der Waals surface area contributed by atoms with Gasteiger partial charge in [0.15, 0.2) is 0 Å². The van der Waals surface area contributed by atoms with Crippen molar-refractivity contribution in [1.29, 1.82) is 0 Å². The van der Waals surface area contributed by atoms with Crippen molar-refractivity contribution < 1.29 is 9.90 Å². The van der Waals surface area contributed by atoms with E-state index in [-0.39, 0.29) is 0 Å². The molecule has 0 amide bonds. The number of hydrogen-bond acceptors (Lipinski definition) is 1. The predicted molar refractivity (Wildman–Crippen MR) is 70.7 cm³/mol. The summed E-state index contributed by atoms with van der Waals surface area (Å²) in [6.07, 6.45) is 8.76. The summed E-state index contributed by atoms with van der Waals surface area (Å²) in [5, 5.41) is 8.65. The van der Waals surface area contributed by atoms with Crippen LogP contribution in [0.2, 0.25) is 0 Å². The Labute approximate surface area is 102 Å². The fourth-order valence-electron chi connectivity index (χ4n) is 1.43. The smallest absolute Gasteiger partial charge is 0.330 e. The first-order valence-corrected chi connectivity index (χ1v) is 5.82. The normalized spacial score (nSPS) is 11.9. The lowest BCUT2D eigenvalue weighted by atomic mass is 10.1. The molecule has 0 aliphatic heterocycles. The summed E-state index contributed by atoms with van der Waals surface area (Å²) in [6.45, 7) is 1.63. The van der Waals surface area contributed by atoms with Crippen LogP contribution in [-0.2, 0) is 4.79 Å². The van der Waals surface area contributed by atoms with Gasteiger partial charge in [0.05, 0.1) is 0 Å². The van der Waals surface area contributed by atoms with Crippen LogP contribution in [0.15, 0.2) is 48.1 Å². The zero-order valence-corrected chi connectivity index (χ0v) is 10.1. The van der Waals surface area contributed by atoms with Crippen LogP contribution in [0.4, 0.5) is 0 Å². The molecular weight excluding hydrogens is 212 g/mol. The molecule has 0 bridgehead atoms. The van der Waals surface area contributed by atoms with Crippen LogP contribution in [-0.4, -0.2) is 11.1 Å². The van der Waals surface area contributed by atoms with Crippen molar-refractivity contribution in [3.05, 3.63) is 53.6 Å². The quantitative estimate of drug-likeness (QED) is 0.594. The van der Waals surface area contributed by atoms with Crippen molar-refractivity contribution in [2.24, 2.45) is 0 Å². The van der Waals surface area contributed by atoms with E-state index in [0.717, 1.165) is 19.3 Å². The SMILES string of the molecule is CC(=CCCCC=Cc1ccccc1)C(=O)O. The highest BCUT2D eigenvalue weighted by molar-refractivity contribution is 5.85. The highest BCUT2D eigenvalue weighted by atomic mass is 16.4. The number of carboxylic acid groups (broad SMARTS) is 1. The van der Waals surface area contributed by atoms with Crippen molar-refractivity contribution >= 4 is 12.0 Å². The molecule has 2 nitrogen and oxygen atoms in total. The van der Waals surface area contributed by atoms with Gasteiger partial charge in [0, 0.05) is 5.57 Å². The van der Waals surface area contributed by atoms with E-state index in [0.29, 0.717) is 5.57 Å². The molecular formula is C15H18O2. The summed E-state index contributed by atoms with van der Waals surface area (Å²) < 4.78 is 0. The van der Waals surface area contributed by atoms with Gasteiger partial charge in [-0.1, -0.05) is 48.6 Å². The summed E-state index contributed by atoms with van der Waals surface area (Å²) in [5.41, 5.74) is 1.63. The molecule has 0 spiro atoms. The average molecular weight is 230 g/mol. The zero-order valence-electron chi connectivity index (χ0n) is 10.1. The Hall–Kier alpha value is -1.83. The number of rotatable bonds is 6. The van der Waals surface area contributed by atoms with E-state index < -0.39 is 5.97 Å². The predicted octanol–water partition coefficient (Wildman–Crippen LogP) is 3.90. The third-order valence-electron chi connectivity index (χ3n) is 2.47. The lowest BCUT2D eigenvalue weighted by Crippen LogP contribution is -1.95. The molecule has 90 valence electrons. The molecule has 0 saturated heterocycles. The van der Waals surface area contributed by atoms with E-state index in [9.17, 15) is 4.79 Å². The van der Waals surface area contributed by atoms with Crippen LogP contribution in [0.3, 0.4) is 0 Å². The second-order valence-electron chi connectivity index (χ2n) is 3.94. The maximum Gasteiger partial charge on any atom is 0.330 e. The number of aliphatic carboxylic acids is 1. The van der Waals surface area contributed by atoms with E-state index in [1.807, 2.05) is 18.2 Å². The number of carbonyl (C=O) groups is 1. The van der Waals surface area contributed by atoms with E-state index in [2.05, 4.69) is 24.3 Å². The van der Waals surface area contributed by atoms with Crippen molar-refractivity contribution in [3.8, 4) is 0 Å². The van der Waals surface area contributed by atoms with Crippen LogP contribution in [0.5, 0.6) is 0 Å². The van der Waals surface area contributed by atoms with Crippen molar-refractivity contribution in [2.45, 2.75) is 26.2 Å². The molecule has 0 atom stereocenters. The molecule has 2 heteroatoms.